The minimum Gasteiger partial charge on any atom is -0.325 e. The van der Waals surface area contributed by atoms with Crippen molar-refractivity contribution in [2.75, 3.05) is 5.32 Å². The van der Waals surface area contributed by atoms with E-state index in [-0.39, 0.29) is 5.91 Å². The minimum atomic E-state index is -0.0879. The molecule has 5 heteroatoms. The number of fused-ring (bicyclic) bond motifs is 1. The molecule has 2 heterocycles. The van der Waals surface area contributed by atoms with Gasteiger partial charge in [0.1, 0.15) is 5.82 Å². The molecule has 0 aliphatic carbocycles. The maximum absolute atomic E-state index is 10.8. The van der Waals surface area contributed by atoms with E-state index in [4.69, 9.17) is 0 Å². The summed E-state index contributed by atoms with van der Waals surface area (Å²) in [6.07, 6.45) is 1.80. The second-order valence-electron chi connectivity index (χ2n) is 3.07. The fourth-order valence-electron chi connectivity index (χ4n) is 1.28. The van der Waals surface area contributed by atoms with Crippen molar-refractivity contribution < 1.29 is 4.79 Å². The van der Waals surface area contributed by atoms with Gasteiger partial charge >= 0.3 is 0 Å². The Morgan fingerprint density at radius 2 is 2.21 bits per heavy atom. The molecule has 0 unspecified atom stereocenters. The Labute approximate surface area is 80.8 Å². The highest BCUT2D eigenvalue weighted by atomic mass is 16.1. The number of hydrogen-bond acceptors (Lipinski definition) is 3. The Balaban J connectivity index is 2.49. The Morgan fingerprint density at radius 1 is 1.43 bits per heavy atom. The summed E-state index contributed by atoms with van der Waals surface area (Å²) >= 11 is 0. The third-order valence-corrected chi connectivity index (χ3v) is 1.89. The van der Waals surface area contributed by atoms with Crippen molar-refractivity contribution in [3.63, 3.8) is 0 Å². The van der Waals surface area contributed by atoms with Gasteiger partial charge in [-0.05, 0) is 19.1 Å². The van der Waals surface area contributed by atoms with Crippen LogP contribution in [0.1, 0.15) is 12.7 Å². The second-order valence-corrected chi connectivity index (χ2v) is 3.07. The zero-order chi connectivity index (χ0) is 10.1. The topological polar surface area (TPSA) is 59.3 Å². The Hall–Kier alpha value is -1.91. The first-order chi connectivity index (χ1) is 6.66. The lowest BCUT2D eigenvalue weighted by molar-refractivity contribution is -0.114. The van der Waals surface area contributed by atoms with Crippen LogP contribution in [0.5, 0.6) is 0 Å². The molecule has 0 saturated heterocycles. The molecule has 0 saturated carbocycles. The van der Waals surface area contributed by atoms with E-state index in [1.807, 2.05) is 17.4 Å². The van der Waals surface area contributed by atoms with Crippen LogP contribution in [0.4, 0.5) is 5.69 Å². The largest absolute Gasteiger partial charge is 0.325 e. The third-order valence-electron chi connectivity index (χ3n) is 1.89. The molecule has 5 nitrogen and oxygen atoms in total. The molecule has 2 aromatic heterocycles. The SMILES string of the molecule is CC(=O)Nc1ccc2nnc(C)n2c1. The van der Waals surface area contributed by atoms with Crippen LogP contribution < -0.4 is 5.32 Å². The highest BCUT2D eigenvalue weighted by Crippen LogP contribution is 2.10. The lowest BCUT2D eigenvalue weighted by Gasteiger charge is -2.02. The van der Waals surface area contributed by atoms with Crippen LogP contribution >= 0.6 is 0 Å². The van der Waals surface area contributed by atoms with E-state index < -0.39 is 0 Å². The van der Waals surface area contributed by atoms with Gasteiger partial charge in [-0.1, -0.05) is 0 Å². The van der Waals surface area contributed by atoms with Crippen molar-refractivity contribution in [3.8, 4) is 0 Å². The summed E-state index contributed by atoms with van der Waals surface area (Å²) in [5, 5.41) is 10.6. The fraction of sp³-hybridized carbons (Fsp3) is 0.222. The van der Waals surface area contributed by atoms with E-state index in [1.165, 1.54) is 6.92 Å². The molecule has 0 aliphatic heterocycles. The maximum Gasteiger partial charge on any atom is 0.221 e. The molecule has 0 bridgehead atoms. The number of pyridine rings is 1. The van der Waals surface area contributed by atoms with Gasteiger partial charge in [0, 0.05) is 13.1 Å². The smallest absolute Gasteiger partial charge is 0.221 e. The summed E-state index contributed by atoms with van der Waals surface area (Å²) in [5.74, 6) is 0.710. The van der Waals surface area contributed by atoms with Gasteiger partial charge in [0.15, 0.2) is 5.65 Å². The lowest BCUT2D eigenvalue weighted by Crippen LogP contribution is -2.06. The van der Waals surface area contributed by atoms with Crippen LogP contribution in [0.2, 0.25) is 0 Å². The molecule has 0 radical (unpaired) electrons. The standard InChI is InChI=1S/C9H10N4O/c1-6-11-12-9-4-3-8(5-13(6)9)10-7(2)14/h3-5H,1-2H3,(H,10,14). The number of aryl methyl sites for hydroxylation is 1. The van der Waals surface area contributed by atoms with Gasteiger partial charge in [-0.2, -0.15) is 0 Å². The predicted octanol–water partition coefficient (Wildman–Crippen LogP) is 0.996. The van der Waals surface area contributed by atoms with Gasteiger partial charge < -0.3 is 5.32 Å². The Bertz CT molecular complexity index is 489. The zero-order valence-electron chi connectivity index (χ0n) is 7.98. The van der Waals surface area contributed by atoms with E-state index in [0.717, 1.165) is 17.2 Å². The molecule has 0 fully saturated rings. The molecule has 1 amide bonds. The molecule has 0 spiro atoms. The molecule has 1 N–H and O–H groups in total. The number of carbonyl (C=O) groups excluding carboxylic acids is 1. The van der Waals surface area contributed by atoms with Crippen LogP contribution in [0.3, 0.4) is 0 Å². The summed E-state index contributed by atoms with van der Waals surface area (Å²) in [6.45, 7) is 3.33. The lowest BCUT2D eigenvalue weighted by atomic mass is 10.4. The Morgan fingerprint density at radius 3 is 2.93 bits per heavy atom. The van der Waals surface area contributed by atoms with Crippen molar-refractivity contribution in [3.05, 3.63) is 24.2 Å². The van der Waals surface area contributed by atoms with Crippen LogP contribution in [0.15, 0.2) is 18.3 Å². The summed E-state index contributed by atoms with van der Waals surface area (Å²) in [5.41, 5.74) is 1.52. The van der Waals surface area contributed by atoms with Gasteiger partial charge in [-0.15, -0.1) is 10.2 Å². The Kier molecular flexibility index (Phi) is 1.92. The molecule has 2 rings (SSSR count). The van der Waals surface area contributed by atoms with Gasteiger partial charge in [-0.3, -0.25) is 9.20 Å². The average Bonchev–Trinajstić information content (AvgIpc) is 2.47. The van der Waals surface area contributed by atoms with Gasteiger partial charge in [0.05, 0.1) is 5.69 Å². The van der Waals surface area contributed by atoms with Crippen molar-refractivity contribution in [2.45, 2.75) is 13.8 Å². The number of amides is 1. The van der Waals surface area contributed by atoms with Crippen molar-refractivity contribution in [2.24, 2.45) is 0 Å². The van der Waals surface area contributed by atoms with Crippen molar-refractivity contribution in [1.82, 2.24) is 14.6 Å². The first-order valence-corrected chi connectivity index (χ1v) is 4.26. The normalized spacial score (nSPS) is 10.4. The number of nitrogens with zero attached hydrogens (tertiary/aromatic N) is 3. The van der Waals surface area contributed by atoms with Crippen LogP contribution in [0, 0.1) is 6.92 Å². The third kappa shape index (κ3) is 1.44. The van der Waals surface area contributed by atoms with Gasteiger partial charge in [-0.25, -0.2) is 0 Å². The first kappa shape index (κ1) is 8.68. The van der Waals surface area contributed by atoms with Crippen molar-refractivity contribution in [1.29, 1.82) is 0 Å². The molecule has 2 aromatic rings. The molecular formula is C9H10N4O. The van der Waals surface area contributed by atoms with E-state index in [2.05, 4.69) is 15.5 Å². The molecular weight excluding hydrogens is 180 g/mol. The zero-order valence-corrected chi connectivity index (χ0v) is 7.98. The van der Waals surface area contributed by atoms with E-state index in [0.29, 0.717) is 0 Å². The van der Waals surface area contributed by atoms with Crippen LogP contribution in [-0.4, -0.2) is 20.5 Å². The molecule has 0 aliphatic rings. The quantitative estimate of drug-likeness (QED) is 0.729. The van der Waals surface area contributed by atoms with Crippen LogP contribution in [0.25, 0.3) is 5.65 Å². The predicted molar refractivity (Wildman–Crippen MR) is 52.0 cm³/mol. The molecule has 14 heavy (non-hydrogen) atoms. The fourth-order valence-corrected chi connectivity index (χ4v) is 1.28. The highest BCUT2D eigenvalue weighted by Gasteiger charge is 2.01. The number of hydrogen-bond donors (Lipinski definition) is 1. The summed E-state index contributed by atoms with van der Waals surface area (Å²) in [7, 11) is 0. The maximum atomic E-state index is 10.8. The van der Waals surface area contributed by atoms with Gasteiger partial charge in [0.2, 0.25) is 5.91 Å². The van der Waals surface area contributed by atoms with E-state index in [1.54, 1.807) is 12.3 Å². The summed E-state index contributed by atoms with van der Waals surface area (Å²) in [6, 6.07) is 3.61. The monoisotopic (exact) mass is 190 g/mol. The molecule has 0 atom stereocenters. The number of carbonyl (C=O) groups is 1. The van der Waals surface area contributed by atoms with E-state index >= 15 is 0 Å². The highest BCUT2D eigenvalue weighted by molar-refractivity contribution is 5.88. The summed E-state index contributed by atoms with van der Waals surface area (Å²) in [4.78, 5) is 10.8. The summed E-state index contributed by atoms with van der Waals surface area (Å²) < 4.78 is 1.82. The number of rotatable bonds is 1. The molecule has 0 aromatic carbocycles. The first-order valence-electron chi connectivity index (χ1n) is 4.26. The number of anilines is 1. The second kappa shape index (κ2) is 3.10. The van der Waals surface area contributed by atoms with Crippen molar-refractivity contribution >= 4 is 17.2 Å². The average molecular weight is 190 g/mol. The number of aromatic nitrogens is 3. The minimum absolute atomic E-state index is 0.0879. The van der Waals surface area contributed by atoms with E-state index in [9.17, 15) is 4.79 Å². The van der Waals surface area contributed by atoms with Crippen LogP contribution in [-0.2, 0) is 4.79 Å². The molecule has 72 valence electrons. The van der Waals surface area contributed by atoms with Gasteiger partial charge in [0.25, 0.3) is 0 Å². The number of nitrogens with one attached hydrogen (secondary N) is 1.